The molecule has 0 unspecified atom stereocenters. The normalized spacial score (nSPS) is 9.38. The molecule has 0 saturated carbocycles. The van der Waals surface area contributed by atoms with Crippen molar-refractivity contribution >= 4 is 12.3 Å². The van der Waals surface area contributed by atoms with Gasteiger partial charge in [-0.15, -0.1) is 0 Å². The topological polar surface area (TPSA) is 43.4 Å². The standard InChI is InChI=1S/C9H7FO3/c1-13-9(12)7-2-6(5-11)3-8(10)4-7/h2-5H,1H3. The number of aldehydes is 1. The number of hydrogen-bond acceptors (Lipinski definition) is 3. The Hall–Kier alpha value is -1.71. The van der Waals surface area contributed by atoms with E-state index in [1.807, 2.05) is 0 Å². The molecule has 3 nitrogen and oxygen atoms in total. The lowest BCUT2D eigenvalue weighted by atomic mass is 10.1. The van der Waals surface area contributed by atoms with E-state index in [9.17, 15) is 14.0 Å². The second-order valence-corrected chi connectivity index (χ2v) is 2.38. The summed E-state index contributed by atoms with van der Waals surface area (Å²) >= 11 is 0. The van der Waals surface area contributed by atoms with Gasteiger partial charge in [-0.3, -0.25) is 4.79 Å². The van der Waals surface area contributed by atoms with Crippen molar-refractivity contribution in [2.24, 2.45) is 0 Å². The molecule has 1 rings (SSSR count). The van der Waals surface area contributed by atoms with Gasteiger partial charge >= 0.3 is 5.97 Å². The van der Waals surface area contributed by atoms with Crippen LogP contribution in [0.3, 0.4) is 0 Å². The van der Waals surface area contributed by atoms with Gasteiger partial charge in [0.2, 0.25) is 0 Å². The van der Waals surface area contributed by atoms with E-state index in [1.54, 1.807) is 0 Å². The summed E-state index contributed by atoms with van der Waals surface area (Å²) in [7, 11) is 1.19. The zero-order valence-electron chi connectivity index (χ0n) is 6.91. The van der Waals surface area contributed by atoms with Gasteiger partial charge in [0.15, 0.2) is 0 Å². The second kappa shape index (κ2) is 3.80. The lowest BCUT2D eigenvalue weighted by molar-refractivity contribution is 0.0600. The van der Waals surface area contributed by atoms with Crippen LogP contribution in [0.2, 0.25) is 0 Å². The number of carbonyl (C=O) groups is 2. The number of methoxy groups -OCH3 is 1. The zero-order valence-corrected chi connectivity index (χ0v) is 6.91. The highest BCUT2D eigenvalue weighted by Gasteiger charge is 2.07. The van der Waals surface area contributed by atoms with Gasteiger partial charge in [-0.05, 0) is 18.2 Å². The Bertz CT molecular complexity index is 347. The summed E-state index contributed by atoms with van der Waals surface area (Å²) in [5.74, 6) is -1.30. The molecule has 1 aromatic carbocycles. The van der Waals surface area contributed by atoms with E-state index >= 15 is 0 Å². The first-order chi connectivity index (χ1) is 6.17. The van der Waals surface area contributed by atoms with Crippen LogP contribution >= 0.6 is 0 Å². The van der Waals surface area contributed by atoms with Gasteiger partial charge in [0.05, 0.1) is 12.7 Å². The summed E-state index contributed by atoms with van der Waals surface area (Å²) in [5, 5.41) is 0. The second-order valence-electron chi connectivity index (χ2n) is 2.38. The van der Waals surface area contributed by atoms with Crippen LogP contribution in [0.5, 0.6) is 0 Å². The first-order valence-corrected chi connectivity index (χ1v) is 3.51. The van der Waals surface area contributed by atoms with Crippen molar-refractivity contribution in [2.45, 2.75) is 0 Å². The molecule has 0 fully saturated rings. The lowest BCUT2D eigenvalue weighted by Crippen LogP contribution is -2.02. The number of hydrogen-bond donors (Lipinski definition) is 0. The fourth-order valence-electron chi connectivity index (χ4n) is 0.916. The highest BCUT2D eigenvalue weighted by Crippen LogP contribution is 2.08. The van der Waals surface area contributed by atoms with Crippen LogP contribution in [-0.2, 0) is 4.74 Å². The maximum absolute atomic E-state index is 12.7. The maximum Gasteiger partial charge on any atom is 0.337 e. The van der Waals surface area contributed by atoms with Crippen molar-refractivity contribution in [3.8, 4) is 0 Å². The van der Waals surface area contributed by atoms with Crippen molar-refractivity contribution in [1.29, 1.82) is 0 Å². The summed E-state index contributed by atoms with van der Waals surface area (Å²) in [4.78, 5) is 21.2. The predicted molar refractivity (Wildman–Crippen MR) is 43.1 cm³/mol. The average molecular weight is 182 g/mol. The number of benzene rings is 1. The SMILES string of the molecule is COC(=O)c1cc(F)cc(C=O)c1. The van der Waals surface area contributed by atoms with Crippen LogP contribution in [-0.4, -0.2) is 19.4 Å². The third-order valence-corrected chi connectivity index (χ3v) is 1.48. The zero-order chi connectivity index (χ0) is 9.84. The van der Waals surface area contributed by atoms with Crippen LogP contribution in [0.1, 0.15) is 20.7 Å². The number of rotatable bonds is 2. The molecule has 1 aromatic rings. The lowest BCUT2D eigenvalue weighted by Gasteiger charge is -1.99. The summed E-state index contributed by atoms with van der Waals surface area (Å²) < 4.78 is 17.1. The first-order valence-electron chi connectivity index (χ1n) is 3.51. The molecule has 0 spiro atoms. The molecule has 0 saturated heterocycles. The van der Waals surface area contributed by atoms with E-state index in [-0.39, 0.29) is 11.1 Å². The van der Waals surface area contributed by atoms with E-state index in [1.165, 1.54) is 13.2 Å². The molecule has 0 amide bonds. The summed E-state index contributed by atoms with van der Waals surface area (Å²) in [6.45, 7) is 0. The van der Waals surface area contributed by atoms with E-state index in [4.69, 9.17) is 0 Å². The molecular weight excluding hydrogens is 175 g/mol. The first kappa shape index (κ1) is 9.38. The molecule has 0 N–H and O–H groups in total. The van der Waals surface area contributed by atoms with Crippen molar-refractivity contribution in [3.05, 3.63) is 35.1 Å². The highest BCUT2D eigenvalue weighted by molar-refractivity contribution is 5.91. The van der Waals surface area contributed by atoms with Gasteiger partial charge in [-0.25, -0.2) is 9.18 Å². The monoisotopic (exact) mass is 182 g/mol. The molecule has 0 radical (unpaired) electrons. The minimum Gasteiger partial charge on any atom is -0.465 e. The Labute approximate surface area is 74.1 Å². The molecule has 0 aliphatic carbocycles. The fraction of sp³-hybridized carbons (Fsp3) is 0.111. The third-order valence-electron chi connectivity index (χ3n) is 1.48. The maximum atomic E-state index is 12.7. The van der Waals surface area contributed by atoms with Crippen LogP contribution < -0.4 is 0 Å². The molecule has 0 heterocycles. The number of carbonyl (C=O) groups excluding carboxylic acids is 2. The van der Waals surface area contributed by atoms with E-state index in [2.05, 4.69) is 4.74 Å². The molecule has 0 aromatic heterocycles. The van der Waals surface area contributed by atoms with Crippen LogP contribution in [0.15, 0.2) is 18.2 Å². The number of halogens is 1. The smallest absolute Gasteiger partial charge is 0.337 e. The Morgan fingerprint density at radius 3 is 2.69 bits per heavy atom. The van der Waals surface area contributed by atoms with Crippen LogP contribution in [0.4, 0.5) is 4.39 Å². The van der Waals surface area contributed by atoms with Gasteiger partial charge in [0.25, 0.3) is 0 Å². The average Bonchev–Trinajstić information content (AvgIpc) is 2.15. The minimum absolute atomic E-state index is 0.0320. The van der Waals surface area contributed by atoms with Crippen molar-refractivity contribution in [3.63, 3.8) is 0 Å². The fourth-order valence-corrected chi connectivity index (χ4v) is 0.916. The Morgan fingerprint density at radius 1 is 1.46 bits per heavy atom. The molecule has 0 aliphatic heterocycles. The van der Waals surface area contributed by atoms with E-state index in [0.29, 0.717) is 6.29 Å². The van der Waals surface area contributed by atoms with Gasteiger partial charge in [0, 0.05) is 5.56 Å². The highest BCUT2D eigenvalue weighted by atomic mass is 19.1. The number of esters is 1. The summed E-state index contributed by atoms with van der Waals surface area (Å²) in [6.07, 6.45) is 0.468. The van der Waals surface area contributed by atoms with Gasteiger partial charge in [-0.1, -0.05) is 0 Å². The Morgan fingerprint density at radius 2 is 2.15 bits per heavy atom. The summed E-state index contributed by atoms with van der Waals surface area (Å²) in [6, 6.07) is 3.32. The third kappa shape index (κ3) is 2.11. The van der Waals surface area contributed by atoms with Crippen LogP contribution in [0.25, 0.3) is 0 Å². The molecular formula is C9H7FO3. The molecule has 0 bridgehead atoms. The summed E-state index contributed by atoms with van der Waals surface area (Å²) in [5.41, 5.74) is 0.144. The predicted octanol–water partition coefficient (Wildman–Crippen LogP) is 1.42. The Kier molecular flexibility index (Phi) is 2.74. The van der Waals surface area contributed by atoms with Crippen molar-refractivity contribution in [2.75, 3.05) is 7.11 Å². The largest absolute Gasteiger partial charge is 0.465 e. The number of ether oxygens (including phenoxy) is 1. The Balaban J connectivity index is 3.15. The van der Waals surface area contributed by atoms with Gasteiger partial charge in [0.1, 0.15) is 12.1 Å². The molecule has 0 atom stereocenters. The van der Waals surface area contributed by atoms with Gasteiger partial charge < -0.3 is 4.74 Å². The van der Waals surface area contributed by atoms with E-state index in [0.717, 1.165) is 12.1 Å². The van der Waals surface area contributed by atoms with Crippen molar-refractivity contribution in [1.82, 2.24) is 0 Å². The van der Waals surface area contributed by atoms with Crippen molar-refractivity contribution < 1.29 is 18.7 Å². The quantitative estimate of drug-likeness (QED) is 0.513. The molecule has 0 aliphatic rings. The van der Waals surface area contributed by atoms with Crippen LogP contribution in [0, 0.1) is 5.82 Å². The molecule has 13 heavy (non-hydrogen) atoms. The van der Waals surface area contributed by atoms with Gasteiger partial charge in [-0.2, -0.15) is 0 Å². The molecule has 4 heteroatoms. The minimum atomic E-state index is -0.664. The molecule has 68 valence electrons. The van der Waals surface area contributed by atoms with E-state index < -0.39 is 11.8 Å².